The van der Waals surface area contributed by atoms with Crippen molar-refractivity contribution in [3.8, 4) is 11.5 Å². The SMILES string of the molecule is NC(=O)c1ccc2nn(CC3CCN(C(=O)c4ccc(Oc5ccc(C(F)(F)F)cc5)cc4)CC3)cc2c1. The number of alkyl halides is 3. The van der Waals surface area contributed by atoms with Gasteiger partial charge in [-0.2, -0.15) is 18.3 Å². The summed E-state index contributed by atoms with van der Waals surface area (Å²) in [5.74, 6) is 0.516. The van der Waals surface area contributed by atoms with Gasteiger partial charge in [0, 0.05) is 42.3 Å². The van der Waals surface area contributed by atoms with Crippen molar-refractivity contribution in [2.24, 2.45) is 11.7 Å². The Balaban J connectivity index is 1.14. The number of nitrogens with zero attached hydrogens (tertiary/aromatic N) is 3. The molecular formula is C28H25F3N4O3. The van der Waals surface area contributed by atoms with Gasteiger partial charge in [-0.05, 0) is 85.5 Å². The maximum Gasteiger partial charge on any atom is 0.416 e. The Morgan fingerprint density at radius 3 is 2.13 bits per heavy atom. The molecular weight excluding hydrogens is 497 g/mol. The standard InChI is InChI=1S/C28H25F3N4O3/c29-28(30,31)22-4-8-24(9-5-22)38-23-6-1-19(2-7-23)27(37)34-13-11-18(12-14-34)16-35-17-21-15-20(26(32)36)3-10-25(21)33-35/h1-10,15,17-18H,11-14,16H2,(H2,32,36). The molecule has 0 saturated carbocycles. The van der Waals surface area contributed by atoms with Crippen LogP contribution in [-0.4, -0.2) is 39.6 Å². The molecule has 1 aromatic heterocycles. The molecule has 4 aromatic rings. The van der Waals surface area contributed by atoms with Gasteiger partial charge in [0.05, 0.1) is 11.1 Å². The minimum atomic E-state index is -4.40. The van der Waals surface area contributed by atoms with Crippen molar-refractivity contribution >= 4 is 22.7 Å². The van der Waals surface area contributed by atoms with Gasteiger partial charge in [0.1, 0.15) is 11.5 Å². The number of amides is 2. The smallest absolute Gasteiger partial charge is 0.416 e. The molecule has 0 spiro atoms. The summed E-state index contributed by atoms with van der Waals surface area (Å²) in [5.41, 5.74) is 6.38. The maximum absolute atomic E-state index is 13.0. The maximum atomic E-state index is 13.0. The molecule has 0 unspecified atom stereocenters. The molecule has 2 amide bonds. The Bertz CT molecular complexity index is 1460. The first-order valence-electron chi connectivity index (χ1n) is 12.2. The van der Waals surface area contributed by atoms with Crippen molar-refractivity contribution in [2.75, 3.05) is 13.1 Å². The number of rotatable bonds is 6. The highest BCUT2D eigenvalue weighted by atomic mass is 19.4. The monoisotopic (exact) mass is 522 g/mol. The quantitative estimate of drug-likeness (QED) is 0.362. The number of benzene rings is 3. The van der Waals surface area contributed by atoms with E-state index in [1.165, 1.54) is 12.1 Å². The summed E-state index contributed by atoms with van der Waals surface area (Å²) in [6.45, 7) is 1.97. The van der Waals surface area contributed by atoms with Crippen LogP contribution in [0.1, 0.15) is 39.1 Å². The van der Waals surface area contributed by atoms with Crippen LogP contribution >= 0.6 is 0 Å². The van der Waals surface area contributed by atoms with Crippen LogP contribution in [0.15, 0.2) is 72.9 Å². The van der Waals surface area contributed by atoms with E-state index in [0.29, 0.717) is 35.9 Å². The Kier molecular flexibility index (Phi) is 6.79. The third-order valence-corrected chi connectivity index (χ3v) is 6.70. The van der Waals surface area contributed by atoms with Gasteiger partial charge < -0.3 is 15.4 Å². The third-order valence-electron chi connectivity index (χ3n) is 6.70. The largest absolute Gasteiger partial charge is 0.457 e. The van der Waals surface area contributed by atoms with Crippen molar-refractivity contribution in [1.29, 1.82) is 0 Å². The molecule has 196 valence electrons. The zero-order chi connectivity index (χ0) is 26.9. The lowest BCUT2D eigenvalue weighted by atomic mass is 9.96. The summed E-state index contributed by atoms with van der Waals surface area (Å²) in [5, 5.41) is 5.45. The number of carbonyl (C=O) groups excluding carboxylic acids is 2. The summed E-state index contributed by atoms with van der Waals surface area (Å²) in [6, 6.07) is 16.2. The highest BCUT2D eigenvalue weighted by Gasteiger charge is 2.30. The number of piperidine rings is 1. The first-order chi connectivity index (χ1) is 18.2. The second-order valence-electron chi connectivity index (χ2n) is 9.37. The van der Waals surface area contributed by atoms with Crippen LogP contribution in [0.4, 0.5) is 13.2 Å². The van der Waals surface area contributed by atoms with Crippen LogP contribution in [0.25, 0.3) is 10.9 Å². The average molecular weight is 523 g/mol. The number of likely N-dealkylation sites (tertiary alicyclic amines) is 1. The molecule has 5 rings (SSSR count). The van der Waals surface area contributed by atoms with Gasteiger partial charge in [-0.3, -0.25) is 14.3 Å². The van der Waals surface area contributed by atoms with Gasteiger partial charge in [0.2, 0.25) is 5.91 Å². The molecule has 7 nitrogen and oxygen atoms in total. The van der Waals surface area contributed by atoms with Gasteiger partial charge in [0.25, 0.3) is 5.91 Å². The fraction of sp³-hybridized carbons (Fsp3) is 0.250. The summed E-state index contributed by atoms with van der Waals surface area (Å²) in [6.07, 6.45) is -0.818. The summed E-state index contributed by atoms with van der Waals surface area (Å²) >= 11 is 0. The molecule has 3 aromatic carbocycles. The van der Waals surface area contributed by atoms with E-state index in [9.17, 15) is 22.8 Å². The van der Waals surface area contributed by atoms with Crippen molar-refractivity contribution in [3.05, 3.63) is 89.6 Å². The summed E-state index contributed by atoms with van der Waals surface area (Å²) < 4.78 is 45.7. The zero-order valence-corrected chi connectivity index (χ0v) is 20.3. The fourth-order valence-electron chi connectivity index (χ4n) is 4.60. The van der Waals surface area contributed by atoms with E-state index in [-0.39, 0.29) is 11.7 Å². The summed E-state index contributed by atoms with van der Waals surface area (Å²) in [7, 11) is 0. The van der Waals surface area contributed by atoms with Crippen LogP contribution < -0.4 is 10.5 Å². The van der Waals surface area contributed by atoms with E-state index in [1.807, 2.05) is 15.8 Å². The molecule has 1 saturated heterocycles. The first kappa shape index (κ1) is 25.3. The van der Waals surface area contributed by atoms with Crippen LogP contribution in [-0.2, 0) is 12.7 Å². The average Bonchev–Trinajstić information content (AvgIpc) is 3.30. The number of carbonyl (C=O) groups is 2. The van der Waals surface area contributed by atoms with E-state index in [0.717, 1.165) is 42.4 Å². The number of ether oxygens (including phenoxy) is 1. The van der Waals surface area contributed by atoms with Gasteiger partial charge in [-0.15, -0.1) is 0 Å². The molecule has 1 aliphatic heterocycles. The molecule has 0 aliphatic carbocycles. The lowest BCUT2D eigenvalue weighted by Gasteiger charge is -2.32. The molecule has 0 atom stereocenters. The third kappa shape index (κ3) is 5.64. The molecule has 38 heavy (non-hydrogen) atoms. The molecule has 0 radical (unpaired) electrons. The van der Waals surface area contributed by atoms with Crippen molar-refractivity contribution in [3.63, 3.8) is 0 Å². The number of hydrogen-bond donors (Lipinski definition) is 1. The minimum absolute atomic E-state index is 0.0756. The molecule has 1 fully saturated rings. The fourth-order valence-corrected chi connectivity index (χ4v) is 4.60. The van der Waals surface area contributed by atoms with Crippen molar-refractivity contribution < 1.29 is 27.5 Å². The van der Waals surface area contributed by atoms with E-state index in [1.54, 1.807) is 42.5 Å². The predicted molar refractivity (Wildman–Crippen MR) is 135 cm³/mol. The number of fused-ring (bicyclic) bond motifs is 1. The van der Waals surface area contributed by atoms with E-state index >= 15 is 0 Å². The lowest BCUT2D eigenvalue weighted by molar-refractivity contribution is -0.137. The Labute approximate surface area is 216 Å². The minimum Gasteiger partial charge on any atom is -0.457 e. The van der Waals surface area contributed by atoms with Gasteiger partial charge >= 0.3 is 6.18 Å². The second-order valence-corrected chi connectivity index (χ2v) is 9.37. The molecule has 1 aliphatic rings. The number of aromatic nitrogens is 2. The lowest BCUT2D eigenvalue weighted by Crippen LogP contribution is -2.39. The van der Waals surface area contributed by atoms with Gasteiger partial charge in [-0.25, -0.2) is 0 Å². The highest BCUT2D eigenvalue weighted by molar-refractivity contribution is 5.96. The predicted octanol–water partition coefficient (Wildman–Crippen LogP) is 5.50. The van der Waals surface area contributed by atoms with E-state index in [2.05, 4.69) is 5.10 Å². The second kappa shape index (κ2) is 10.2. The van der Waals surface area contributed by atoms with Crippen LogP contribution in [0.2, 0.25) is 0 Å². The number of hydrogen-bond acceptors (Lipinski definition) is 4. The van der Waals surface area contributed by atoms with Crippen molar-refractivity contribution in [1.82, 2.24) is 14.7 Å². The molecule has 2 N–H and O–H groups in total. The van der Waals surface area contributed by atoms with Gasteiger partial charge in [0.15, 0.2) is 0 Å². The number of halogens is 3. The first-order valence-corrected chi connectivity index (χ1v) is 12.2. The van der Waals surface area contributed by atoms with Crippen molar-refractivity contribution in [2.45, 2.75) is 25.6 Å². The highest BCUT2D eigenvalue weighted by Crippen LogP contribution is 2.31. The number of nitrogens with two attached hydrogens (primary N) is 1. The van der Waals surface area contributed by atoms with Gasteiger partial charge in [-0.1, -0.05) is 0 Å². The van der Waals surface area contributed by atoms with Crippen LogP contribution in [0, 0.1) is 5.92 Å². The van der Waals surface area contributed by atoms with Crippen LogP contribution in [0.3, 0.4) is 0 Å². The Morgan fingerprint density at radius 1 is 0.921 bits per heavy atom. The Morgan fingerprint density at radius 2 is 1.53 bits per heavy atom. The normalized spacial score (nSPS) is 14.6. The Hall–Kier alpha value is -4.34. The number of primary amides is 1. The topological polar surface area (TPSA) is 90.5 Å². The van der Waals surface area contributed by atoms with E-state index < -0.39 is 17.6 Å². The molecule has 0 bridgehead atoms. The van der Waals surface area contributed by atoms with E-state index in [4.69, 9.17) is 10.5 Å². The molecule has 10 heteroatoms. The zero-order valence-electron chi connectivity index (χ0n) is 20.3. The van der Waals surface area contributed by atoms with Crippen LogP contribution in [0.5, 0.6) is 11.5 Å². The summed E-state index contributed by atoms with van der Waals surface area (Å²) in [4.78, 5) is 26.2. The molecule has 2 heterocycles.